The van der Waals surface area contributed by atoms with Crippen LogP contribution in [0, 0.1) is 10.1 Å². The molecule has 1 aliphatic rings. The number of hydrazine groups is 3. The predicted molar refractivity (Wildman–Crippen MR) is 33.6 cm³/mol. The van der Waals surface area contributed by atoms with Crippen LogP contribution in [0.25, 0.3) is 0 Å². The summed E-state index contributed by atoms with van der Waals surface area (Å²) >= 11 is 0. The third-order valence-electron chi connectivity index (χ3n) is 0.965. The molecule has 1 rings (SSSR count). The topological polar surface area (TPSA) is 61.7 Å². The van der Waals surface area contributed by atoms with E-state index < -0.39 is 5.03 Å². The summed E-state index contributed by atoms with van der Waals surface area (Å²) in [6.45, 7) is 0. The van der Waals surface area contributed by atoms with Crippen molar-refractivity contribution in [2.45, 2.75) is 0 Å². The van der Waals surface area contributed by atoms with Crippen LogP contribution in [0.5, 0.6) is 0 Å². The number of nitrogens with zero attached hydrogens (tertiary/aromatic N) is 3. The first-order chi connectivity index (χ1) is 4.74. The van der Waals surface area contributed by atoms with Crippen molar-refractivity contribution in [3.05, 3.63) is 22.5 Å². The number of nitro groups is 1. The zero-order valence-electron chi connectivity index (χ0n) is 5.02. The molecule has 10 heavy (non-hydrogen) atoms. The van der Waals surface area contributed by atoms with E-state index in [1.807, 2.05) is 0 Å². The predicted octanol–water partition coefficient (Wildman–Crippen LogP) is -1.19. The van der Waals surface area contributed by atoms with Gasteiger partial charge in [-0.2, -0.15) is 0 Å². The standard InChI is InChI=1S/C3H5N4O2Si/c8-7(9)6-2-1-5(3-10)4-6/h1-2,4H,3H2. The quantitative estimate of drug-likeness (QED) is 0.310. The Balaban J connectivity index is 2.45. The third-order valence-corrected chi connectivity index (χ3v) is 1.31. The van der Waals surface area contributed by atoms with Gasteiger partial charge in [0.2, 0.25) is 0 Å². The lowest BCUT2D eigenvalue weighted by molar-refractivity contribution is -0.657. The average Bonchev–Trinajstić information content (AvgIpc) is 2.34. The summed E-state index contributed by atoms with van der Waals surface area (Å²) in [6, 6.07) is 0. The largest absolute Gasteiger partial charge is 0.295 e. The lowest BCUT2D eigenvalue weighted by Crippen LogP contribution is -2.42. The molecule has 6 nitrogen and oxygen atoms in total. The normalized spacial score (nSPS) is 16.5. The van der Waals surface area contributed by atoms with Crippen molar-refractivity contribution in [2.24, 2.45) is 0 Å². The Morgan fingerprint density at radius 2 is 2.40 bits per heavy atom. The van der Waals surface area contributed by atoms with Gasteiger partial charge in [0.15, 0.2) is 5.03 Å². The molecule has 7 heteroatoms. The smallest absolute Gasteiger partial charge is 0.182 e. The second-order valence-electron chi connectivity index (χ2n) is 1.61. The Morgan fingerprint density at radius 3 is 2.70 bits per heavy atom. The molecular weight excluding hydrogens is 152 g/mol. The average molecular weight is 157 g/mol. The van der Waals surface area contributed by atoms with Gasteiger partial charge < -0.3 is 0 Å². The van der Waals surface area contributed by atoms with E-state index in [2.05, 4.69) is 15.8 Å². The van der Waals surface area contributed by atoms with E-state index in [0.717, 1.165) is 5.12 Å². The molecule has 0 amide bonds. The number of hydrogen-bond donors (Lipinski definition) is 1. The van der Waals surface area contributed by atoms with Crippen LogP contribution in [0.4, 0.5) is 0 Å². The minimum Gasteiger partial charge on any atom is -0.295 e. The minimum atomic E-state index is -0.557. The molecule has 0 aliphatic carbocycles. The van der Waals surface area contributed by atoms with E-state index in [9.17, 15) is 10.1 Å². The molecule has 0 unspecified atom stereocenters. The number of rotatable bonds is 2. The van der Waals surface area contributed by atoms with Crippen molar-refractivity contribution in [3.8, 4) is 0 Å². The molecule has 0 spiro atoms. The van der Waals surface area contributed by atoms with Gasteiger partial charge >= 0.3 is 0 Å². The fourth-order valence-corrected chi connectivity index (χ4v) is 0.697. The molecule has 0 atom stereocenters. The van der Waals surface area contributed by atoms with Crippen LogP contribution >= 0.6 is 0 Å². The van der Waals surface area contributed by atoms with E-state index in [-0.39, 0.29) is 0 Å². The lowest BCUT2D eigenvalue weighted by Gasteiger charge is -2.12. The zero-order chi connectivity index (χ0) is 7.56. The minimum absolute atomic E-state index is 0.501. The maximum Gasteiger partial charge on any atom is 0.182 e. The van der Waals surface area contributed by atoms with E-state index in [4.69, 9.17) is 0 Å². The van der Waals surface area contributed by atoms with Crippen LogP contribution in [0.15, 0.2) is 12.4 Å². The van der Waals surface area contributed by atoms with Gasteiger partial charge in [0.25, 0.3) is 0 Å². The Morgan fingerprint density at radius 1 is 1.70 bits per heavy atom. The van der Waals surface area contributed by atoms with Crippen molar-refractivity contribution in [1.82, 2.24) is 15.7 Å². The van der Waals surface area contributed by atoms with Crippen molar-refractivity contribution in [1.29, 1.82) is 0 Å². The van der Waals surface area contributed by atoms with Gasteiger partial charge in [0.1, 0.15) is 6.20 Å². The highest BCUT2D eigenvalue weighted by molar-refractivity contribution is 6.08. The highest BCUT2D eigenvalue weighted by Crippen LogP contribution is 1.96. The Hall–Kier alpha value is -1.08. The van der Waals surface area contributed by atoms with E-state index >= 15 is 0 Å². The van der Waals surface area contributed by atoms with E-state index in [1.54, 1.807) is 6.20 Å². The highest BCUT2D eigenvalue weighted by Gasteiger charge is 2.17. The summed E-state index contributed by atoms with van der Waals surface area (Å²) in [7, 11) is 3.16. The molecule has 0 aromatic rings. The summed E-state index contributed by atoms with van der Waals surface area (Å²) in [5, 5.41) is 11.8. The van der Waals surface area contributed by atoms with Gasteiger partial charge in [-0.1, -0.05) is 5.53 Å². The molecule has 0 saturated heterocycles. The van der Waals surface area contributed by atoms with Gasteiger partial charge in [0, 0.05) is 12.4 Å². The SMILES string of the molecule is O=[N+]([O-])N1C=CN(C[Si])N1. The molecule has 1 heterocycles. The van der Waals surface area contributed by atoms with Crippen LogP contribution in [0.1, 0.15) is 0 Å². The van der Waals surface area contributed by atoms with E-state index in [0.29, 0.717) is 6.17 Å². The van der Waals surface area contributed by atoms with E-state index in [1.165, 1.54) is 11.2 Å². The summed E-state index contributed by atoms with van der Waals surface area (Å²) in [5.41, 5.74) is 2.45. The maximum atomic E-state index is 10.0. The summed E-state index contributed by atoms with van der Waals surface area (Å²) in [6.07, 6.45) is 3.37. The maximum absolute atomic E-state index is 10.0. The van der Waals surface area contributed by atoms with Gasteiger partial charge in [0.05, 0.1) is 10.2 Å². The molecule has 0 fully saturated rings. The van der Waals surface area contributed by atoms with Crippen LogP contribution in [-0.2, 0) is 0 Å². The van der Waals surface area contributed by atoms with Crippen molar-refractivity contribution < 1.29 is 5.03 Å². The molecule has 0 saturated carbocycles. The van der Waals surface area contributed by atoms with Crippen LogP contribution in [0.3, 0.4) is 0 Å². The zero-order valence-corrected chi connectivity index (χ0v) is 6.02. The second-order valence-corrected chi connectivity index (χ2v) is 1.92. The second kappa shape index (κ2) is 2.67. The lowest BCUT2D eigenvalue weighted by atomic mass is 10.9. The van der Waals surface area contributed by atoms with Gasteiger partial charge in [-0.15, -0.1) is 0 Å². The molecule has 3 radical (unpaired) electrons. The third kappa shape index (κ3) is 1.25. The van der Waals surface area contributed by atoms with Gasteiger partial charge in [-0.3, -0.25) is 5.01 Å². The van der Waals surface area contributed by atoms with Crippen molar-refractivity contribution in [2.75, 3.05) is 6.17 Å². The van der Waals surface area contributed by atoms with Crippen molar-refractivity contribution in [3.63, 3.8) is 0 Å². The summed E-state index contributed by atoms with van der Waals surface area (Å²) in [5.74, 6) is 0. The van der Waals surface area contributed by atoms with Gasteiger partial charge in [-0.25, -0.2) is 10.1 Å². The Labute approximate surface area is 60.6 Å². The fraction of sp³-hybridized carbons (Fsp3) is 0.333. The van der Waals surface area contributed by atoms with Crippen LogP contribution in [0.2, 0.25) is 0 Å². The molecule has 0 aromatic carbocycles. The molecule has 1 aliphatic heterocycles. The summed E-state index contributed by atoms with van der Waals surface area (Å²) < 4.78 is 0. The first-order valence-corrected chi connectivity index (χ1v) is 3.24. The highest BCUT2D eigenvalue weighted by atomic mass is 28.1. The van der Waals surface area contributed by atoms with Crippen LogP contribution < -0.4 is 5.53 Å². The summed E-state index contributed by atoms with van der Waals surface area (Å²) in [4.78, 5) is 10.0. The Kier molecular flexibility index (Phi) is 1.87. The molecule has 53 valence electrons. The Bertz CT molecular complexity index is 172. The fourth-order valence-electron chi connectivity index (χ4n) is 0.521. The number of hydrogen-bond acceptors (Lipinski definition) is 4. The van der Waals surface area contributed by atoms with Gasteiger partial charge in [-0.05, 0) is 5.12 Å². The number of nitrogens with one attached hydrogen (secondary N) is 1. The molecule has 0 aromatic heterocycles. The van der Waals surface area contributed by atoms with Crippen molar-refractivity contribution >= 4 is 10.2 Å². The molecule has 1 N–H and O–H groups in total. The molecular formula is C3H5N4O2Si. The first kappa shape index (κ1) is 7.03. The first-order valence-electron chi connectivity index (χ1n) is 2.53. The van der Waals surface area contributed by atoms with Crippen LogP contribution in [-0.4, -0.2) is 31.6 Å². The monoisotopic (exact) mass is 157 g/mol. The molecule has 0 bridgehead atoms.